The molecule has 0 unspecified atom stereocenters. The summed E-state index contributed by atoms with van der Waals surface area (Å²) in [5.41, 5.74) is 0.169. The highest BCUT2D eigenvalue weighted by Crippen LogP contribution is 2.24. The van der Waals surface area contributed by atoms with Crippen LogP contribution in [0.25, 0.3) is 0 Å². The van der Waals surface area contributed by atoms with E-state index >= 15 is 0 Å². The van der Waals surface area contributed by atoms with Crippen molar-refractivity contribution in [2.75, 3.05) is 26.2 Å². The van der Waals surface area contributed by atoms with E-state index in [-0.39, 0.29) is 29.6 Å². The molecule has 0 saturated carbocycles. The maximum Gasteiger partial charge on any atom is 0.258 e. The van der Waals surface area contributed by atoms with Crippen molar-refractivity contribution in [1.29, 1.82) is 0 Å². The molecule has 1 aliphatic heterocycles. The second-order valence-corrected chi connectivity index (χ2v) is 7.06. The summed E-state index contributed by atoms with van der Waals surface area (Å²) in [6.07, 6.45) is 0. The lowest BCUT2D eigenvalue weighted by Crippen LogP contribution is -2.50. The smallest absolute Gasteiger partial charge is 0.258 e. The topological polar surface area (TPSA) is 40.6 Å². The number of hydrogen-bond acceptors (Lipinski definition) is 2. The molecule has 0 spiro atoms. The first-order chi connectivity index (χ1) is 12.4. The highest BCUT2D eigenvalue weighted by atomic mass is 35.5. The van der Waals surface area contributed by atoms with Gasteiger partial charge in [0.2, 0.25) is 0 Å². The van der Waals surface area contributed by atoms with Gasteiger partial charge in [-0.25, -0.2) is 4.39 Å². The average molecular weight is 416 g/mol. The van der Waals surface area contributed by atoms with Gasteiger partial charge in [0.05, 0.1) is 21.2 Å². The molecular formula is C18H14Cl3FN2O2. The van der Waals surface area contributed by atoms with Gasteiger partial charge in [-0.1, -0.05) is 40.9 Å². The fraction of sp³-hybridized carbons (Fsp3) is 0.222. The van der Waals surface area contributed by atoms with Crippen LogP contribution in [0.2, 0.25) is 15.1 Å². The lowest BCUT2D eigenvalue weighted by molar-refractivity contribution is 0.0533. The molecule has 0 N–H and O–H groups in total. The van der Waals surface area contributed by atoms with Crippen LogP contribution >= 0.6 is 34.8 Å². The minimum atomic E-state index is -0.660. The van der Waals surface area contributed by atoms with E-state index in [0.717, 1.165) is 0 Å². The summed E-state index contributed by atoms with van der Waals surface area (Å²) in [7, 11) is 0. The Balaban J connectivity index is 1.70. The summed E-state index contributed by atoms with van der Waals surface area (Å²) in [5.74, 6) is -1.40. The normalized spacial score (nSPS) is 14.5. The quantitative estimate of drug-likeness (QED) is 0.730. The molecular weight excluding hydrogens is 402 g/mol. The monoisotopic (exact) mass is 414 g/mol. The standard InChI is InChI=1S/C18H14Cl3FN2O2/c19-11-4-5-13(20)12(10-11)17(25)23-6-8-24(9-7-23)18(26)16-14(21)2-1-3-15(16)22/h1-5,10H,6-9H2. The summed E-state index contributed by atoms with van der Waals surface area (Å²) in [4.78, 5) is 28.2. The number of nitrogens with zero attached hydrogens (tertiary/aromatic N) is 2. The van der Waals surface area contributed by atoms with Crippen LogP contribution in [0.1, 0.15) is 20.7 Å². The van der Waals surface area contributed by atoms with Gasteiger partial charge in [0, 0.05) is 31.2 Å². The predicted molar refractivity (Wildman–Crippen MR) is 99.7 cm³/mol. The molecule has 8 heteroatoms. The Bertz CT molecular complexity index is 847. The van der Waals surface area contributed by atoms with Crippen LogP contribution in [-0.2, 0) is 0 Å². The first-order valence-electron chi connectivity index (χ1n) is 7.86. The highest BCUT2D eigenvalue weighted by Gasteiger charge is 2.28. The van der Waals surface area contributed by atoms with Crippen molar-refractivity contribution in [1.82, 2.24) is 9.80 Å². The third-order valence-corrected chi connectivity index (χ3v) is 5.07. The van der Waals surface area contributed by atoms with Crippen LogP contribution in [0.3, 0.4) is 0 Å². The third-order valence-electron chi connectivity index (χ3n) is 4.19. The van der Waals surface area contributed by atoms with Gasteiger partial charge in [-0.05, 0) is 30.3 Å². The summed E-state index contributed by atoms with van der Waals surface area (Å²) in [6, 6.07) is 8.80. The number of piperazine rings is 1. The zero-order valence-corrected chi connectivity index (χ0v) is 15.8. The second kappa shape index (κ2) is 7.82. The Morgan fingerprint density at radius 2 is 1.46 bits per heavy atom. The summed E-state index contributed by atoms with van der Waals surface area (Å²) in [5, 5.41) is 0.802. The van der Waals surface area contributed by atoms with Crippen molar-refractivity contribution in [3.05, 3.63) is 68.4 Å². The maximum absolute atomic E-state index is 13.9. The SMILES string of the molecule is O=C(c1cc(Cl)ccc1Cl)N1CCN(C(=O)c2c(F)cccc2Cl)CC1. The third kappa shape index (κ3) is 3.80. The van der Waals surface area contributed by atoms with Crippen molar-refractivity contribution in [2.24, 2.45) is 0 Å². The van der Waals surface area contributed by atoms with E-state index in [2.05, 4.69) is 0 Å². The van der Waals surface area contributed by atoms with E-state index < -0.39 is 11.7 Å². The Morgan fingerprint density at radius 3 is 2.08 bits per heavy atom. The zero-order valence-electron chi connectivity index (χ0n) is 13.5. The fourth-order valence-corrected chi connectivity index (χ4v) is 3.42. The van der Waals surface area contributed by atoms with Gasteiger partial charge in [-0.3, -0.25) is 9.59 Å². The van der Waals surface area contributed by atoms with E-state index in [1.54, 1.807) is 17.0 Å². The number of carbonyl (C=O) groups is 2. The summed E-state index contributed by atoms with van der Waals surface area (Å²) < 4.78 is 13.9. The number of hydrogen-bond donors (Lipinski definition) is 0. The lowest BCUT2D eigenvalue weighted by Gasteiger charge is -2.35. The fourth-order valence-electron chi connectivity index (χ4n) is 2.80. The Hall–Kier alpha value is -1.82. The zero-order chi connectivity index (χ0) is 18.8. The first-order valence-corrected chi connectivity index (χ1v) is 8.99. The predicted octanol–water partition coefficient (Wildman–Crippen LogP) is 4.38. The van der Waals surface area contributed by atoms with Crippen LogP contribution in [-0.4, -0.2) is 47.8 Å². The van der Waals surface area contributed by atoms with Crippen LogP contribution < -0.4 is 0 Å². The van der Waals surface area contributed by atoms with Gasteiger partial charge in [-0.2, -0.15) is 0 Å². The molecule has 4 nitrogen and oxygen atoms in total. The molecule has 26 heavy (non-hydrogen) atoms. The van der Waals surface area contributed by atoms with Gasteiger partial charge in [0.15, 0.2) is 0 Å². The second-order valence-electron chi connectivity index (χ2n) is 5.81. The lowest BCUT2D eigenvalue weighted by atomic mass is 10.1. The number of rotatable bonds is 2. The van der Waals surface area contributed by atoms with Crippen molar-refractivity contribution >= 4 is 46.6 Å². The Labute approximate surface area is 165 Å². The van der Waals surface area contributed by atoms with E-state index in [1.807, 2.05) is 0 Å². The molecule has 2 aromatic rings. The molecule has 1 fully saturated rings. The molecule has 1 aliphatic rings. The Morgan fingerprint density at radius 1 is 0.846 bits per heavy atom. The van der Waals surface area contributed by atoms with Crippen molar-refractivity contribution in [2.45, 2.75) is 0 Å². The van der Waals surface area contributed by atoms with Crippen LogP contribution in [0, 0.1) is 5.82 Å². The summed E-state index contributed by atoms with van der Waals surface area (Å²) >= 11 is 18.0. The molecule has 2 aromatic carbocycles. The van der Waals surface area contributed by atoms with Gasteiger partial charge in [0.1, 0.15) is 5.82 Å². The van der Waals surface area contributed by atoms with E-state index in [1.165, 1.54) is 29.2 Å². The van der Waals surface area contributed by atoms with Crippen LogP contribution in [0.5, 0.6) is 0 Å². The minimum Gasteiger partial charge on any atom is -0.335 e. The number of amides is 2. The largest absolute Gasteiger partial charge is 0.335 e. The van der Waals surface area contributed by atoms with Gasteiger partial charge in [-0.15, -0.1) is 0 Å². The minimum absolute atomic E-state index is 0.0687. The molecule has 2 amide bonds. The van der Waals surface area contributed by atoms with Crippen LogP contribution in [0.15, 0.2) is 36.4 Å². The molecule has 3 rings (SSSR count). The molecule has 136 valence electrons. The summed E-state index contributed by atoms with van der Waals surface area (Å²) in [6.45, 7) is 1.15. The maximum atomic E-state index is 13.9. The number of halogens is 4. The first kappa shape index (κ1) is 19.0. The molecule has 0 atom stereocenters. The molecule has 0 aliphatic carbocycles. The molecule has 0 radical (unpaired) electrons. The van der Waals surface area contributed by atoms with Gasteiger partial charge < -0.3 is 9.80 Å². The highest BCUT2D eigenvalue weighted by molar-refractivity contribution is 6.35. The van der Waals surface area contributed by atoms with Crippen LogP contribution in [0.4, 0.5) is 4.39 Å². The Kier molecular flexibility index (Phi) is 5.70. The van der Waals surface area contributed by atoms with E-state index in [9.17, 15) is 14.0 Å². The van der Waals surface area contributed by atoms with Crippen molar-refractivity contribution < 1.29 is 14.0 Å². The molecule has 0 bridgehead atoms. The van der Waals surface area contributed by atoms with E-state index in [0.29, 0.717) is 28.7 Å². The van der Waals surface area contributed by atoms with Crippen molar-refractivity contribution in [3.8, 4) is 0 Å². The molecule has 0 aromatic heterocycles. The van der Waals surface area contributed by atoms with Crippen molar-refractivity contribution in [3.63, 3.8) is 0 Å². The average Bonchev–Trinajstić information content (AvgIpc) is 2.63. The molecule has 1 heterocycles. The van der Waals surface area contributed by atoms with E-state index in [4.69, 9.17) is 34.8 Å². The van der Waals surface area contributed by atoms with Gasteiger partial charge >= 0.3 is 0 Å². The number of carbonyl (C=O) groups excluding carboxylic acids is 2. The molecule has 1 saturated heterocycles. The number of benzene rings is 2. The van der Waals surface area contributed by atoms with Gasteiger partial charge in [0.25, 0.3) is 11.8 Å².